The summed E-state index contributed by atoms with van der Waals surface area (Å²) in [5, 5.41) is 1.03. The maximum absolute atomic E-state index is 12.7. The van der Waals surface area contributed by atoms with E-state index in [9.17, 15) is 4.79 Å². The van der Waals surface area contributed by atoms with Crippen molar-refractivity contribution in [1.82, 2.24) is 9.80 Å². The smallest absolute Gasteiger partial charge is 0.227 e. The highest BCUT2D eigenvalue weighted by Crippen LogP contribution is 2.25. The third-order valence-corrected chi connectivity index (χ3v) is 5.32. The van der Waals surface area contributed by atoms with Gasteiger partial charge in [-0.15, -0.1) is 0 Å². The van der Waals surface area contributed by atoms with Crippen molar-refractivity contribution in [3.05, 3.63) is 33.8 Å². The number of likely N-dealkylation sites (tertiary alicyclic amines) is 1. The molecule has 22 heavy (non-hydrogen) atoms. The molecule has 1 aromatic carbocycles. The molecule has 0 aromatic heterocycles. The van der Waals surface area contributed by atoms with E-state index < -0.39 is 0 Å². The molecule has 1 aliphatic heterocycles. The first-order valence-corrected chi connectivity index (χ1v) is 8.55. The molecule has 1 saturated heterocycles. The number of nitrogens with zero attached hydrogens (tertiary/aromatic N) is 2. The first kappa shape index (κ1) is 17.6. The predicted octanol–water partition coefficient (Wildman–Crippen LogP) is 3.87. The Hall–Kier alpha value is -0.770. The van der Waals surface area contributed by atoms with Crippen molar-refractivity contribution in [3.63, 3.8) is 0 Å². The van der Waals surface area contributed by atoms with Gasteiger partial charge in [0.05, 0.1) is 16.5 Å². The lowest BCUT2D eigenvalue weighted by atomic mass is 9.95. The predicted molar refractivity (Wildman–Crippen MR) is 92.7 cm³/mol. The second-order valence-corrected chi connectivity index (χ2v) is 7.09. The van der Waals surface area contributed by atoms with Gasteiger partial charge < -0.3 is 9.80 Å². The van der Waals surface area contributed by atoms with Gasteiger partial charge in [0.1, 0.15) is 0 Å². The molecular weight excluding hydrogens is 319 g/mol. The number of carbonyl (C=O) groups is 1. The summed E-state index contributed by atoms with van der Waals surface area (Å²) < 4.78 is 0. The molecule has 3 nitrogen and oxygen atoms in total. The number of amides is 1. The van der Waals surface area contributed by atoms with E-state index in [1.807, 2.05) is 6.07 Å². The van der Waals surface area contributed by atoms with Crippen molar-refractivity contribution in [2.75, 3.05) is 20.6 Å². The molecule has 122 valence electrons. The zero-order valence-corrected chi connectivity index (χ0v) is 15.0. The van der Waals surface area contributed by atoms with Gasteiger partial charge in [-0.05, 0) is 58.0 Å². The summed E-state index contributed by atoms with van der Waals surface area (Å²) in [6, 6.07) is 6.07. The SMILES string of the molecule is C[C@H](C1CCCCN1C(=O)Cc1ccc(Cl)c(Cl)c1)N(C)C. The first-order valence-electron chi connectivity index (χ1n) is 7.80. The van der Waals surface area contributed by atoms with Gasteiger partial charge in [0, 0.05) is 18.6 Å². The second kappa shape index (κ2) is 7.67. The summed E-state index contributed by atoms with van der Waals surface area (Å²) in [7, 11) is 4.14. The van der Waals surface area contributed by atoms with E-state index in [2.05, 4.69) is 30.8 Å². The second-order valence-electron chi connectivity index (χ2n) is 6.28. The molecule has 0 bridgehead atoms. The maximum Gasteiger partial charge on any atom is 0.227 e. The number of benzene rings is 1. The molecule has 0 saturated carbocycles. The summed E-state index contributed by atoms with van der Waals surface area (Å²) in [6.45, 7) is 3.04. The Bertz CT molecular complexity index is 533. The van der Waals surface area contributed by atoms with Gasteiger partial charge in [-0.25, -0.2) is 0 Å². The number of carbonyl (C=O) groups excluding carboxylic acids is 1. The zero-order chi connectivity index (χ0) is 16.3. The number of hydrogen-bond acceptors (Lipinski definition) is 2. The fourth-order valence-corrected chi connectivity index (χ4v) is 3.36. The number of hydrogen-bond donors (Lipinski definition) is 0. The van der Waals surface area contributed by atoms with Gasteiger partial charge in [-0.3, -0.25) is 4.79 Å². The Morgan fingerprint density at radius 3 is 2.68 bits per heavy atom. The van der Waals surface area contributed by atoms with E-state index >= 15 is 0 Å². The molecule has 1 amide bonds. The lowest BCUT2D eigenvalue weighted by molar-refractivity contribution is -0.135. The lowest BCUT2D eigenvalue weighted by Crippen LogP contribution is -2.53. The van der Waals surface area contributed by atoms with E-state index in [1.165, 1.54) is 6.42 Å². The van der Waals surface area contributed by atoms with E-state index in [0.717, 1.165) is 24.9 Å². The van der Waals surface area contributed by atoms with Gasteiger partial charge in [-0.2, -0.15) is 0 Å². The summed E-state index contributed by atoms with van der Waals surface area (Å²) >= 11 is 12.0. The molecule has 1 aromatic rings. The van der Waals surface area contributed by atoms with Gasteiger partial charge in [0.25, 0.3) is 0 Å². The average Bonchev–Trinajstić information content (AvgIpc) is 2.50. The van der Waals surface area contributed by atoms with Crippen molar-refractivity contribution in [2.45, 2.75) is 44.7 Å². The van der Waals surface area contributed by atoms with Crippen molar-refractivity contribution in [1.29, 1.82) is 0 Å². The summed E-state index contributed by atoms with van der Waals surface area (Å²) in [4.78, 5) is 17.0. The average molecular weight is 343 g/mol. The van der Waals surface area contributed by atoms with Crippen molar-refractivity contribution in [3.8, 4) is 0 Å². The fourth-order valence-electron chi connectivity index (χ4n) is 3.04. The Labute approximate surface area is 143 Å². The number of piperidine rings is 1. The molecule has 2 atom stereocenters. The molecule has 1 heterocycles. The molecule has 0 N–H and O–H groups in total. The van der Waals surface area contributed by atoms with Crippen LogP contribution in [0.5, 0.6) is 0 Å². The van der Waals surface area contributed by atoms with Crippen LogP contribution in [0.25, 0.3) is 0 Å². The number of likely N-dealkylation sites (N-methyl/N-ethyl adjacent to an activating group) is 1. The summed E-state index contributed by atoms with van der Waals surface area (Å²) in [5.41, 5.74) is 0.918. The molecule has 1 unspecified atom stereocenters. The topological polar surface area (TPSA) is 23.6 Å². The third kappa shape index (κ3) is 4.15. The molecule has 1 fully saturated rings. The highest BCUT2D eigenvalue weighted by atomic mass is 35.5. The molecule has 0 aliphatic carbocycles. The standard InChI is InChI=1S/C17H24Cl2N2O/c1-12(20(2)3)16-6-4-5-9-21(16)17(22)11-13-7-8-14(18)15(19)10-13/h7-8,10,12,16H,4-6,9,11H2,1-3H3/t12-,16?/m1/s1. The fraction of sp³-hybridized carbons (Fsp3) is 0.588. The van der Waals surface area contributed by atoms with Crippen LogP contribution < -0.4 is 0 Å². The largest absolute Gasteiger partial charge is 0.338 e. The normalized spacial score (nSPS) is 20.3. The van der Waals surface area contributed by atoms with Crippen LogP contribution in [0.2, 0.25) is 10.0 Å². The Morgan fingerprint density at radius 1 is 1.32 bits per heavy atom. The van der Waals surface area contributed by atoms with E-state index in [1.54, 1.807) is 12.1 Å². The van der Waals surface area contributed by atoms with Crippen LogP contribution in [0.4, 0.5) is 0 Å². The van der Waals surface area contributed by atoms with Crippen LogP contribution in [0.1, 0.15) is 31.7 Å². The van der Waals surface area contributed by atoms with Gasteiger partial charge in [-0.1, -0.05) is 29.3 Å². The maximum atomic E-state index is 12.7. The number of halogens is 2. The van der Waals surface area contributed by atoms with Gasteiger partial charge >= 0.3 is 0 Å². The molecule has 1 aliphatic rings. The van der Waals surface area contributed by atoms with Crippen LogP contribution in [-0.4, -0.2) is 48.4 Å². The first-order chi connectivity index (χ1) is 10.4. The van der Waals surface area contributed by atoms with Crippen LogP contribution in [-0.2, 0) is 11.2 Å². The van der Waals surface area contributed by atoms with Crippen LogP contribution in [0, 0.1) is 0 Å². The minimum Gasteiger partial charge on any atom is -0.338 e. The van der Waals surface area contributed by atoms with E-state index in [-0.39, 0.29) is 5.91 Å². The quantitative estimate of drug-likeness (QED) is 0.829. The Kier molecular flexibility index (Phi) is 6.13. The molecular formula is C17H24Cl2N2O. The molecule has 2 rings (SSSR count). The van der Waals surface area contributed by atoms with Crippen LogP contribution in [0.3, 0.4) is 0 Å². The lowest BCUT2D eigenvalue weighted by Gasteiger charge is -2.41. The van der Waals surface area contributed by atoms with E-state index in [0.29, 0.717) is 28.5 Å². The van der Waals surface area contributed by atoms with Crippen LogP contribution in [0.15, 0.2) is 18.2 Å². The Balaban J connectivity index is 2.10. The third-order valence-electron chi connectivity index (χ3n) is 4.58. The van der Waals surface area contributed by atoms with Crippen molar-refractivity contribution >= 4 is 29.1 Å². The molecule has 5 heteroatoms. The minimum atomic E-state index is 0.178. The summed E-state index contributed by atoms with van der Waals surface area (Å²) in [6.07, 6.45) is 3.74. The highest BCUT2D eigenvalue weighted by Gasteiger charge is 2.31. The zero-order valence-electron chi connectivity index (χ0n) is 13.5. The molecule has 0 spiro atoms. The van der Waals surface area contributed by atoms with Gasteiger partial charge in [0.2, 0.25) is 5.91 Å². The molecule has 0 radical (unpaired) electrons. The van der Waals surface area contributed by atoms with E-state index in [4.69, 9.17) is 23.2 Å². The minimum absolute atomic E-state index is 0.178. The van der Waals surface area contributed by atoms with Crippen molar-refractivity contribution < 1.29 is 4.79 Å². The summed E-state index contributed by atoms with van der Waals surface area (Å²) in [5.74, 6) is 0.178. The Morgan fingerprint density at radius 2 is 2.05 bits per heavy atom. The van der Waals surface area contributed by atoms with Crippen molar-refractivity contribution in [2.24, 2.45) is 0 Å². The highest BCUT2D eigenvalue weighted by molar-refractivity contribution is 6.42. The van der Waals surface area contributed by atoms with Gasteiger partial charge in [0.15, 0.2) is 0 Å². The number of rotatable bonds is 4. The van der Waals surface area contributed by atoms with Crippen LogP contribution >= 0.6 is 23.2 Å². The monoisotopic (exact) mass is 342 g/mol.